The maximum Gasteiger partial charge on any atom is 0.259 e. The van der Waals surface area contributed by atoms with Gasteiger partial charge in [0.05, 0.1) is 27.8 Å². The van der Waals surface area contributed by atoms with Gasteiger partial charge in [0.25, 0.3) is 5.91 Å². The van der Waals surface area contributed by atoms with Gasteiger partial charge in [0, 0.05) is 11.3 Å². The molecule has 0 spiro atoms. The molecule has 0 aliphatic heterocycles. The van der Waals surface area contributed by atoms with Crippen LogP contribution < -0.4 is 15.2 Å². The molecule has 0 aliphatic carbocycles. The van der Waals surface area contributed by atoms with Crippen molar-refractivity contribution < 1.29 is 17.9 Å². The fourth-order valence-corrected chi connectivity index (χ4v) is 4.44. The smallest absolute Gasteiger partial charge is 0.259 e. The van der Waals surface area contributed by atoms with E-state index in [1.165, 1.54) is 25.3 Å². The summed E-state index contributed by atoms with van der Waals surface area (Å²) in [5.41, 5.74) is 2.49. The molecule has 0 saturated heterocycles. The summed E-state index contributed by atoms with van der Waals surface area (Å²) in [5, 5.41) is 8.80. The fourth-order valence-electron chi connectivity index (χ4n) is 2.93. The van der Waals surface area contributed by atoms with Crippen molar-refractivity contribution in [3.8, 4) is 16.3 Å². The van der Waals surface area contributed by atoms with Gasteiger partial charge in [-0.3, -0.25) is 4.79 Å². The van der Waals surface area contributed by atoms with Gasteiger partial charge in [-0.15, -0.1) is 11.3 Å². The van der Waals surface area contributed by atoms with Crippen LogP contribution in [-0.2, 0) is 10.0 Å². The Morgan fingerprint density at radius 3 is 2.47 bits per heavy atom. The topological polar surface area (TPSA) is 111 Å². The summed E-state index contributed by atoms with van der Waals surface area (Å²) in [7, 11) is -2.55. The van der Waals surface area contributed by atoms with Crippen LogP contribution in [-0.4, -0.2) is 26.4 Å². The Balaban J connectivity index is 1.58. The van der Waals surface area contributed by atoms with Crippen LogP contribution in [0.5, 0.6) is 5.75 Å². The number of fused-ring (bicyclic) bond motifs is 1. The number of nitrogens with one attached hydrogen (secondary N) is 1. The maximum absolute atomic E-state index is 12.7. The van der Waals surface area contributed by atoms with Crippen molar-refractivity contribution in [2.45, 2.75) is 4.90 Å². The second-order valence-electron chi connectivity index (χ2n) is 6.43. The molecule has 3 N–H and O–H groups in total. The molecule has 0 atom stereocenters. The lowest BCUT2D eigenvalue weighted by Crippen LogP contribution is -2.16. The van der Waals surface area contributed by atoms with E-state index in [2.05, 4.69) is 10.3 Å². The number of anilines is 1. The van der Waals surface area contributed by atoms with Gasteiger partial charge in [0.15, 0.2) is 0 Å². The van der Waals surface area contributed by atoms with Gasteiger partial charge >= 0.3 is 0 Å². The second kappa shape index (κ2) is 7.86. The van der Waals surface area contributed by atoms with Crippen LogP contribution in [0.1, 0.15) is 10.4 Å². The van der Waals surface area contributed by atoms with Gasteiger partial charge in [-0.1, -0.05) is 12.1 Å². The molecule has 1 amide bonds. The number of nitrogens with two attached hydrogens (primary N) is 1. The normalized spacial score (nSPS) is 11.4. The first-order valence-corrected chi connectivity index (χ1v) is 11.2. The largest absolute Gasteiger partial charge is 0.496 e. The van der Waals surface area contributed by atoms with E-state index in [0.717, 1.165) is 20.8 Å². The zero-order valence-corrected chi connectivity index (χ0v) is 17.5. The molecule has 0 bridgehead atoms. The Hall–Kier alpha value is -3.27. The number of primary sulfonamides is 1. The lowest BCUT2D eigenvalue weighted by Gasteiger charge is -2.11. The highest BCUT2D eigenvalue weighted by Gasteiger charge is 2.17. The molecule has 7 nitrogen and oxygen atoms in total. The molecule has 30 heavy (non-hydrogen) atoms. The molecule has 1 aromatic heterocycles. The van der Waals surface area contributed by atoms with Crippen molar-refractivity contribution in [2.24, 2.45) is 5.14 Å². The van der Waals surface area contributed by atoms with Crippen LogP contribution in [0, 0.1) is 0 Å². The van der Waals surface area contributed by atoms with Crippen LogP contribution in [0.25, 0.3) is 20.8 Å². The molecule has 0 saturated carbocycles. The van der Waals surface area contributed by atoms with Crippen molar-refractivity contribution in [1.82, 2.24) is 4.98 Å². The first-order valence-electron chi connectivity index (χ1n) is 8.83. The summed E-state index contributed by atoms with van der Waals surface area (Å²) < 4.78 is 29.5. The van der Waals surface area contributed by atoms with E-state index in [0.29, 0.717) is 5.69 Å². The SMILES string of the molecule is COc1ccc(S(N)(=O)=O)cc1C(=O)Nc1ccc(-c2nc3ccccc3s2)cc1. The number of methoxy groups -OCH3 is 1. The average Bonchev–Trinajstić information content (AvgIpc) is 3.17. The molecule has 3 aromatic carbocycles. The first-order chi connectivity index (χ1) is 14.3. The standard InChI is InChI=1S/C21H17N3O4S2/c1-28-18-11-10-15(30(22,26)27)12-16(18)20(25)23-14-8-6-13(7-9-14)21-24-17-4-2-3-5-19(17)29-21/h2-12H,1H3,(H,23,25)(H2,22,26,27). The molecule has 0 aliphatic rings. The molecular weight excluding hydrogens is 422 g/mol. The molecule has 0 unspecified atom stereocenters. The number of carbonyl (C=O) groups is 1. The number of ether oxygens (including phenoxy) is 1. The van der Waals surface area contributed by atoms with Gasteiger partial charge in [-0.25, -0.2) is 18.5 Å². The monoisotopic (exact) mass is 439 g/mol. The molecular formula is C21H17N3O4S2. The summed E-state index contributed by atoms with van der Waals surface area (Å²) in [6.45, 7) is 0. The van der Waals surface area contributed by atoms with E-state index in [-0.39, 0.29) is 16.2 Å². The lowest BCUT2D eigenvalue weighted by molar-refractivity contribution is 0.102. The van der Waals surface area contributed by atoms with E-state index in [1.54, 1.807) is 23.5 Å². The third kappa shape index (κ3) is 4.04. The number of benzene rings is 3. The molecule has 1 heterocycles. The van der Waals surface area contributed by atoms with Crippen LogP contribution in [0.4, 0.5) is 5.69 Å². The van der Waals surface area contributed by atoms with Crippen LogP contribution >= 0.6 is 11.3 Å². The number of hydrogen-bond acceptors (Lipinski definition) is 6. The number of rotatable bonds is 5. The number of carbonyl (C=O) groups excluding carboxylic acids is 1. The lowest BCUT2D eigenvalue weighted by atomic mass is 10.1. The summed E-state index contributed by atoms with van der Waals surface area (Å²) >= 11 is 1.59. The van der Waals surface area contributed by atoms with E-state index < -0.39 is 15.9 Å². The summed E-state index contributed by atoms with van der Waals surface area (Å²) in [4.78, 5) is 17.2. The molecule has 4 aromatic rings. The van der Waals surface area contributed by atoms with Gasteiger partial charge < -0.3 is 10.1 Å². The summed E-state index contributed by atoms with van der Waals surface area (Å²) in [5.74, 6) is -0.268. The minimum absolute atomic E-state index is 0.0688. The van der Waals surface area contributed by atoms with E-state index >= 15 is 0 Å². The van der Waals surface area contributed by atoms with Crippen molar-refractivity contribution >= 4 is 43.2 Å². The van der Waals surface area contributed by atoms with Crippen molar-refractivity contribution in [3.05, 3.63) is 72.3 Å². The Morgan fingerprint density at radius 1 is 1.07 bits per heavy atom. The first kappa shape index (κ1) is 20.0. The number of sulfonamides is 1. The predicted octanol–water partition coefficient (Wildman–Crippen LogP) is 3.87. The Morgan fingerprint density at radius 2 is 1.80 bits per heavy atom. The highest BCUT2D eigenvalue weighted by Crippen LogP contribution is 2.31. The molecule has 4 rings (SSSR count). The molecule has 0 radical (unpaired) electrons. The number of nitrogens with zero attached hydrogens (tertiary/aromatic N) is 1. The number of hydrogen-bond donors (Lipinski definition) is 2. The zero-order valence-electron chi connectivity index (χ0n) is 15.8. The minimum atomic E-state index is -3.95. The summed E-state index contributed by atoms with van der Waals surface area (Å²) in [6.07, 6.45) is 0. The fraction of sp³-hybridized carbons (Fsp3) is 0.0476. The third-order valence-electron chi connectivity index (χ3n) is 4.43. The Bertz CT molecular complexity index is 1310. The zero-order chi connectivity index (χ0) is 21.3. The van der Waals surface area contributed by atoms with E-state index in [1.807, 2.05) is 36.4 Å². The van der Waals surface area contributed by atoms with Gasteiger partial charge in [0.1, 0.15) is 10.8 Å². The van der Waals surface area contributed by atoms with Gasteiger partial charge in [-0.2, -0.15) is 0 Å². The average molecular weight is 440 g/mol. The number of aromatic nitrogens is 1. The highest BCUT2D eigenvalue weighted by molar-refractivity contribution is 7.89. The van der Waals surface area contributed by atoms with Crippen molar-refractivity contribution in [3.63, 3.8) is 0 Å². The Labute approximate surface area is 177 Å². The highest BCUT2D eigenvalue weighted by atomic mass is 32.2. The Kier molecular flexibility index (Phi) is 5.25. The van der Waals surface area contributed by atoms with Crippen LogP contribution in [0.15, 0.2) is 71.6 Å². The third-order valence-corrected chi connectivity index (χ3v) is 6.42. The van der Waals surface area contributed by atoms with Gasteiger partial charge in [0.2, 0.25) is 10.0 Å². The summed E-state index contributed by atoms with van der Waals surface area (Å²) in [6, 6.07) is 19.0. The van der Waals surface area contributed by atoms with Crippen molar-refractivity contribution in [1.29, 1.82) is 0 Å². The van der Waals surface area contributed by atoms with E-state index in [4.69, 9.17) is 9.88 Å². The van der Waals surface area contributed by atoms with Crippen LogP contribution in [0.3, 0.4) is 0 Å². The predicted molar refractivity (Wildman–Crippen MR) is 117 cm³/mol. The van der Waals surface area contributed by atoms with Gasteiger partial charge in [-0.05, 0) is 54.6 Å². The molecule has 0 fully saturated rings. The minimum Gasteiger partial charge on any atom is -0.496 e. The van der Waals surface area contributed by atoms with Crippen molar-refractivity contribution in [2.75, 3.05) is 12.4 Å². The number of amides is 1. The number of para-hydroxylation sites is 1. The molecule has 9 heteroatoms. The number of thiazole rings is 1. The van der Waals surface area contributed by atoms with E-state index in [9.17, 15) is 13.2 Å². The maximum atomic E-state index is 12.7. The quantitative estimate of drug-likeness (QED) is 0.490. The molecule has 152 valence electrons. The second-order valence-corrected chi connectivity index (χ2v) is 9.02. The van der Waals surface area contributed by atoms with Crippen LogP contribution in [0.2, 0.25) is 0 Å².